The number of hydrogen-bond donors (Lipinski definition) is 0. The molecule has 2 heterocycles. The second-order valence-electron chi connectivity index (χ2n) is 7.15. The van der Waals surface area contributed by atoms with Gasteiger partial charge in [0.2, 0.25) is 0 Å². The van der Waals surface area contributed by atoms with Gasteiger partial charge < -0.3 is 9.47 Å². The zero-order valence-corrected chi connectivity index (χ0v) is 16.0. The second-order valence-corrected chi connectivity index (χ2v) is 7.15. The molecule has 5 heteroatoms. The first kappa shape index (κ1) is 17.5. The number of nitrogens with zero attached hydrogens (tertiary/aromatic N) is 2. The van der Waals surface area contributed by atoms with E-state index in [1.807, 2.05) is 59.6 Å². The Bertz CT molecular complexity index is 1110. The molecule has 0 fully saturated rings. The van der Waals surface area contributed by atoms with Gasteiger partial charge in [0, 0.05) is 24.4 Å². The van der Waals surface area contributed by atoms with E-state index in [-0.39, 0.29) is 11.9 Å². The Hall–Kier alpha value is -3.60. The number of benzene rings is 3. The minimum absolute atomic E-state index is 0.0691. The number of rotatable bonds is 4. The SMILES string of the molecule is COc1cc2c(cc1OCc1ccccc1)N=CC1Cc3ccccc3N1C2=O. The third-order valence-corrected chi connectivity index (χ3v) is 5.37. The van der Waals surface area contributed by atoms with Crippen LogP contribution in [0.2, 0.25) is 0 Å². The van der Waals surface area contributed by atoms with Crippen molar-refractivity contribution in [3.05, 3.63) is 83.4 Å². The number of fused-ring (bicyclic) bond motifs is 4. The van der Waals surface area contributed by atoms with E-state index in [2.05, 4.69) is 11.1 Å². The molecule has 5 rings (SSSR count). The Kier molecular flexibility index (Phi) is 4.28. The van der Waals surface area contributed by atoms with Gasteiger partial charge in [-0.3, -0.25) is 14.7 Å². The van der Waals surface area contributed by atoms with Gasteiger partial charge in [0.1, 0.15) is 6.61 Å². The zero-order valence-electron chi connectivity index (χ0n) is 16.0. The molecule has 0 bridgehead atoms. The van der Waals surface area contributed by atoms with Crippen molar-refractivity contribution in [2.45, 2.75) is 19.1 Å². The summed E-state index contributed by atoms with van der Waals surface area (Å²) in [7, 11) is 1.58. The van der Waals surface area contributed by atoms with Gasteiger partial charge in [0.15, 0.2) is 11.5 Å². The molecule has 0 aromatic heterocycles. The highest BCUT2D eigenvalue weighted by Crippen LogP contribution is 2.40. The first-order chi connectivity index (χ1) is 14.2. The van der Waals surface area contributed by atoms with Crippen molar-refractivity contribution in [3.63, 3.8) is 0 Å². The quantitative estimate of drug-likeness (QED) is 0.663. The van der Waals surface area contributed by atoms with E-state index in [0.717, 1.165) is 23.2 Å². The van der Waals surface area contributed by atoms with Crippen LogP contribution in [0.5, 0.6) is 11.5 Å². The van der Waals surface area contributed by atoms with E-state index < -0.39 is 0 Å². The number of para-hydroxylation sites is 1. The van der Waals surface area contributed by atoms with Gasteiger partial charge in [0.25, 0.3) is 5.91 Å². The predicted octanol–water partition coefficient (Wildman–Crippen LogP) is 4.56. The highest BCUT2D eigenvalue weighted by Gasteiger charge is 2.36. The summed E-state index contributed by atoms with van der Waals surface area (Å²) in [6, 6.07) is 21.4. The van der Waals surface area contributed by atoms with Gasteiger partial charge in [-0.05, 0) is 23.3 Å². The van der Waals surface area contributed by atoms with E-state index in [4.69, 9.17) is 9.47 Å². The molecule has 0 saturated heterocycles. The van der Waals surface area contributed by atoms with E-state index in [0.29, 0.717) is 29.4 Å². The maximum absolute atomic E-state index is 13.4. The van der Waals surface area contributed by atoms with Crippen LogP contribution < -0.4 is 14.4 Å². The van der Waals surface area contributed by atoms with Crippen molar-refractivity contribution in [3.8, 4) is 11.5 Å². The number of carbonyl (C=O) groups excluding carboxylic acids is 1. The van der Waals surface area contributed by atoms with Gasteiger partial charge in [-0.25, -0.2) is 0 Å². The molecule has 2 aliphatic heterocycles. The standard InChI is InChI=1S/C24H20N2O3/c1-28-22-12-19-20(13-23(22)29-15-16-7-3-2-4-8-16)25-14-18-11-17-9-5-6-10-21(17)26(18)24(19)27/h2-10,12-14,18H,11,15H2,1H3. The number of ether oxygens (including phenoxy) is 2. The lowest BCUT2D eigenvalue weighted by Gasteiger charge is -2.22. The average Bonchev–Trinajstić information content (AvgIpc) is 3.08. The van der Waals surface area contributed by atoms with Crippen molar-refractivity contribution < 1.29 is 14.3 Å². The topological polar surface area (TPSA) is 51.1 Å². The third kappa shape index (κ3) is 3.05. The van der Waals surface area contributed by atoms with E-state index in [1.54, 1.807) is 19.2 Å². The molecule has 1 unspecified atom stereocenters. The molecule has 0 aliphatic carbocycles. The first-order valence-electron chi connectivity index (χ1n) is 9.59. The fourth-order valence-electron chi connectivity index (χ4n) is 3.92. The van der Waals surface area contributed by atoms with Crippen LogP contribution in [0, 0.1) is 0 Å². The summed E-state index contributed by atoms with van der Waals surface area (Å²) >= 11 is 0. The van der Waals surface area contributed by atoms with Gasteiger partial charge in [0.05, 0.1) is 24.4 Å². The molecule has 3 aromatic rings. The summed E-state index contributed by atoms with van der Waals surface area (Å²) in [4.78, 5) is 19.8. The lowest BCUT2D eigenvalue weighted by molar-refractivity contribution is 0.0986. The molecule has 1 atom stereocenters. The fraction of sp³-hybridized carbons (Fsp3) is 0.167. The molecule has 0 radical (unpaired) electrons. The number of aliphatic imine (C=N–C) groups is 1. The maximum atomic E-state index is 13.4. The summed E-state index contributed by atoms with van der Waals surface area (Å²) in [5, 5.41) is 0. The smallest absolute Gasteiger partial charge is 0.261 e. The molecule has 3 aromatic carbocycles. The Labute approximate surface area is 169 Å². The summed E-state index contributed by atoms with van der Waals surface area (Å²) in [6.07, 6.45) is 2.63. The number of methoxy groups -OCH3 is 1. The number of carbonyl (C=O) groups is 1. The first-order valence-corrected chi connectivity index (χ1v) is 9.59. The Morgan fingerprint density at radius 3 is 2.66 bits per heavy atom. The predicted molar refractivity (Wildman–Crippen MR) is 113 cm³/mol. The normalized spacial score (nSPS) is 16.7. The van der Waals surface area contributed by atoms with Gasteiger partial charge in [-0.1, -0.05) is 48.5 Å². The Morgan fingerprint density at radius 1 is 1.03 bits per heavy atom. The van der Waals surface area contributed by atoms with Gasteiger partial charge in [-0.15, -0.1) is 0 Å². The summed E-state index contributed by atoms with van der Waals surface area (Å²) in [5.41, 5.74) is 4.29. The number of anilines is 1. The molecular weight excluding hydrogens is 364 g/mol. The van der Waals surface area contributed by atoms with Gasteiger partial charge in [-0.2, -0.15) is 0 Å². The van der Waals surface area contributed by atoms with E-state index in [1.165, 1.54) is 0 Å². The molecular formula is C24H20N2O3. The van der Waals surface area contributed by atoms with Crippen LogP contribution in [0.25, 0.3) is 0 Å². The Balaban J connectivity index is 1.50. The van der Waals surface area contributed by atoms with Crippen LogP contribution in [-0.2, 0) is 13.0 Å². The minimum atomic E-state index is -0.0769. The van der Waals surface area contributed by atoms with Crippen LogP contribution in [0.1, 0.15) is 21.5 Å². The number of hydrogen-bond acceptors (Lipinski definition) is 4. The van der Waals surface area contributed by atoms with Crippen molar-refractivity contribution >= 4 is 23.5 Å². The second kappa shape index (κ2) is 7.09. The molecule has 144 valence electrons. The monoisotopic (exact) mass is 384 g/mol. The molecule has 0 spiro atoms. The highest BCUT2D eigenvalue weighted by atomic mass is 16.5. The summed E-state index contributed by atoms with van der Waals surface area (Å²) in [6.45, 7) is 0.412. The van der Waals surface area contributed by atoms with Crippen molar-refractivity contribution in [1.82, 2.24) is 0 Å². The van der Waals surface area contributed by atoms with Crippen molar-refractivity contribution in [2.24, 2.45) is 4.99 Å². The van der Waals surface area contributed by atoms with E-state index >= 15 is 0 Å². The fourth-order valence-corrected chi connectivity index (χ4v) is 3.92. The van der Waals surface area contributed by atoms with Crippen LogP contribution in [0.3, 0.4) is 0 Å². The molecule has 5 nitrogen and oxygen atoms in total. The largest absolute Gasteiger partial charge is 0.493 e. The van der Waals surface area contributed by atoms with E-state index in [9.17, 15) is 4.79 Å². The molecule has 2 aliphatic rings. The van der Waals surface area contributed by atoms with Crippen LogP contribution in [0.15, 0.2) is 71.7 Å². The minimum Gasteiger partial charge on any atom is -0.493 e. The van der Waals surface area contributed by atoms with Crippen LogP contribution in [0.4, 0.5) is 11.4 Å². The molecule has 0 N–H and O–H groups in total. The van der Waals surface area contributed by atoms with Gasteiger partial charge >= 0.3 is 0 Å². The lowest BCUT2D eigenvalue weighted by atomic mass is 10.1. The molecule has 29 heavy (non-hydrogen) atoms. The van der Waals surface area contributed by atoms with Crippen molar-refractivity contribution in [2.75, 3.05) is 12.0 Å². The zero-order chi connectivity index (χ0) is 19.8. The highest BCUT2D eigenvalue weighted by molar-refractivity contribution is 6.14. The number of amides is 1. The maximum Gasteiger partial charge on any atom is 0.261 e. The van der Waals surface area contributed by atoms with Crippen LogP contribution >= 0.6 is 0 Å². The Morgan fingerprint density at radius 2 is 1.83 bits per heavy atom. The summed E-state index contributed by atoms with van der Waals surface area (Å²) < 4.78 is 11.5. The molecule has 0 saturated carbocycles. The van der Waals surface area contributed by atoms with Crippen LogP contribution in [-0.4, -0.2) is 25.3 Å². The average molecular weight is 384 g/mol. The lowest BCUT2D eigenvalue weighted by Crippen LogP contribution is -2.37. The molecule has 1 amide bonds. The summed E-state index contributed by atoms with van der Waals surface area (Å²) in [5.74, 6) is 1.03. The van der Waals surface area contributed by atoms with Crippen molar-refractivity contribution in [1.29, 1.82) is 0 Å². The third-order valence-electron chi connectivity index (χ3n) is 5.37.